The van der Waals surface area contributed by atoms with Crippen molar-refractivity contribution in [1.82, 2.24) is 4.90 Å². The molecule has 27 heavy (non-hydrogen) atoms. The van der Waals surface area contributed by atoms with Gasteiger partial charge in [0.1, 0.15) is 5.75 Å². The minimum absolute atomic E-state index is 0.0388. The van der Waals surface area contributed by atoms with Crippen molar-refractivity contribution >= 4 is 5.78 Å². The highest BCUT2D eigenvalue weighted by molar-refractivity contribution is 5.99. The Morgan fingerprint density at radius 2 is 2.04 bits per heavy atom. The summed E-state index contributed by atoms with van der Waals surface area (Å²) in [6, 6.07) is 9.25. The fourth-order valence-electron chi connectivity index (χ4n) is 3.94. The van der Waals surface area contributed by atoms with Gasteiger partial charge in [-0.15, -0.1) is 0 Å². The van der Waals surface area contributed by atoms with Gasteiger partial charge in [0, 0.05) is 24.6 Å². The minimum atomic E-state index is -0.101. The van der Waals surface area contributed by atoms with Crippen LogP contribution in [0.2, 0.25) is 0 Å². The van der Waals surface area contributed by atoms with Gasteiger partial charge >= 0.3 is 0 Å². The number of carbonyl (C=O) groups is 1. The number of para-hydroxylation sites is 1. The number of Topliss-reactive ketones (excluding diaryl/α,β-unsaturated/α-hetero) is 1. The van der Waals surface area contributed by atoms with Crippen LogP contribution in [0.3, 0.4) is 0 Å². The third-order valence-corrected chi connectivity index (χ3v) is 5.33. The first kappa shape index (κ1) is 17.7. The van der Waals surface area contributed by atoms with Gasteiger partial charge < -0.3 is 18.9 Å². The van der Waals surface area contributed by atoms with E-state index in [9.17, 15) is 4.79 Å². The van der Waals surface area contributed by atoms with Crippen LogP contribution in [-0.2, 0) is 6.42 Å². The van der Waals surface area contributed by atoms with Gasteiger partial charge in [-0.05, 0) is 37.2 Å². The van der Waals surface area contributed by atoms with E-state index in [4.69, 9.17) is 18.9 Å². The van der Waals surface area contributed by atoms with Crippen LogP contribution < -0.4 is 18.9 Å². The van der Waals surface area contributed by atoms with Gasteiger partial charge in [-0.1, -0.05) is 12.1 Å². The summed E-state index contributed by atoms with van der Waals surface area (Å²) in [6.07, 6.45) is 1.21. The molecule has 6 heteroatoms. The summed E-state index contributed by atoms with van der Waals surface area (Å²) >= 11 is 0. The molecule has 2 aliphatic rings. The molecule has 142 valence electrons. The molecule has 0 amide bonds. The summed E-state index contributed by atoms with van der Waals surface area (Å²) in [5, 5.41) is 0. The van der Waals surface area contributed by atoms with E-state index in [0.717, 1.165) is 24.1 Å². The summed E-state index contributed by atoms with van der Waals surface area (Å²) in [5.74, 6) is 2.64. The number of hydrogen-bond donors (Lipinski definition) is 0. The maximum absolute atomic E-state index is 13.1. The molecule has 2 aliphatic heterocycles. The molecule has 0 unspecified atom stereocenters. The fraction of sp³-hybridized carbons (Fsp3) is 0.381. The fourth-order valence-corrected chi connectivity index (χ4v) is 3.94. The van der Waals surface area contributed by atoms with E-state index in [0.29, 0.717) is 35.0 Å². The predicted octanol–water partition coefficient (Wildman–Crippen LogP) is 3.23. The molecule has 1 atom stereocenters. The van der Waals surface area contributed by atoms with Gasteiger partial charge in [-0.3, -0.25) is 9.69 Å². The second-order valence-corrected chi connectivity index (χ2v) is 6.79. The molecule has 0 aromatic heterocycles. The van der Waals surface area contributed by atoms with E-state index in [-0.39, 0.29) is 18.6 Å². The maximum atomic E-state index is 13.1. The Morgan fingerprint density at radius 1 is 1.22 bits per heavy atom. The number of fused-ring (bicyclic) bond motifs is 2. The zero-order valence-corrected chi connectivity index (χ0v) is 15.8. The van der Waals surface area contributed by atoms with Crippen molar-refractivity contribution < 1.29 is 23.7 Å². The first-order valence-electron chi connectivity index (χ1n) is 8.99. The van der Waals surface area contributed by atoms with Crippen LogP contribution in [0.15, 0.2) is 30.3 Å². The third-order valence-electron chi connectivity index (χ3n) is 5.33. The van der Waals surface area contributed by atoms with Gasteiger partial charge in [0.15, 0.2) is 17.3 Å². The summed E-state index contributed by atoms with van der Waals surface area (Å²) in [5.41, 5.74) is 2.76. The van der Waals surface area contributed by atoms with Crippen molar-refractivity contribution in [2.24, 2.45) is 0 Å². The van der Waals surface area contributed by atoms with Crippen molar-refractivity contribution in [3.63, 3.8) is 0 Å². The van der Waals surface area contributed by atoms with E-state index in [1.54, 1.807) is 14.2 Å². The molecule has 2 aromatic rings. The normalized spacial score (nSPS) is 18.1. The lowest BCUT2D eigenvalue weighted by molar-refractivity contribution is 0.0922. The molecule has 0 aliphatic carbocycles. The summed E-state index contributed by atoms with van der Waals surface area (Å²) in [4.78, 5) is 15.3. The molecule has 0 spiro atoms. The zero-order chi connectivity index (χ0) is 19.0. The highest BCUT2D eigenvalue weighted by Crippen LogP contribution is 2.50. The summed E-state index contributed by atoms with van der Waals surface area (Å²) < 4.78 is 22.2. The average Bonchev–Trinajstić information content (AvgIpc) is 3.16. The highest BCUT2D eigenvalue weighted by Gasteiger charge is 2.35. The molecule has 0 radical (unpaired) electrons. The quantitative estimate of drug-likeness (QED) is 0.754. The largest absolute Gasteiger partial charge is 0.496 e. The molecule has 0 N–H and O–H groups in total. The highest BCUT2D eigenvalue weighted by atomic mass is 16.7. The molecule has 2 heterocycles. The van der Waals surface area contributed by atoms with Gasteiger partial charge in [0.25, 0.3) is 0 Å². The Bertz CT molecular complexity index is 879. The Kier molecular flexibility index (Phi) is 4.66. The number of ketones is 1. The first-order chi connectivity index (χ1) is 13.1. The van der Waals surface area contributed by atoms with Crippen LogP contribution in [0, 0.1) is 0 Å². The maximum Gasteiger partial charge on any atom is 0.231 e. The predicted molar refractivity (Wildman–Crippen MR) is 100 cm³/mol. The van der Waals surface area contributed by atoms with Crippen molar-refractivity contribution in [2.45, 2.75) is 18.9 Å². The number of rotatable bonds is 5. The van der Waals surface area contributed by atoms with Crippen molar-refractivity contribution in [1.29, 1.82) is 0 Å². The van der Waals surface area contributed by atoms with Crippen LogP contribution in [0.25, 0.3) is 0 Å². The topological polar surface area (TPSA) is 57.2 Å². The number of likely N-dealkylation sites (N-methyl/N-ethyl adjacent to an activating group) is 1. The van der Waals surface area contributed by atoms with E-state index >= 15 is 0 Å². The standard InChI is InChI=1S/C21H23NO5/c1-22-9-8-13-10-18-20(27-12-26-18)21(25-3)19(13)15(22)11-16(23)14-6-4-5-7-17(14)24-2/h4-7,10,15H,8-9,11-12H2,1-3H3/t15-/m0/s1. The number of benzene rings is 2. The SMILES string of the molecule is COc1ccccc1C(=O)C[C@H]1c2c(cc3c(c2OC)OCO3)CCN1C. The van der Waals surface area contributed by atoms with E-state index in [1.165, 1.54) is 0 Å². The molecule has 0 saturated carbocycles. The molecule has 0 bridgehead atoms. The molecular weight excluding hydrogens is 346 g/mol. The summed E-state index contributed by atoms with van der Waals surface area (Å²) in [7, 11) is 5.25. The number of ether oxygens (including phenoxy) is 4. The van der Waals surface area contributed by atoms with Gasteiger partial charge in [0.05, 0.1) is 19.8 Å². The van der Waals surface area contributed by atoms with Crippen molar-refractivity contribution in [3.05, 3.63) is 47.0 Å². The molecule has 0 fully saturated rings. The van der Waals surface area contributed by atoms with E-state index in [1.807, 2.05) is 37.4 Å². The van der Waals surface area contributed by atoms with Crippen LogP contribution in [0.5, 0.6) is 23.0 Å². The van der Waals surface area contributed by atoms with Crippen LogP contribution >= 0.6 is 0 Å². The Hall–Kier alpha value is -2.73. The van der Waals surface area contributed by atoms with Crippen molar-refractivity contribution in [3.8, 4) is 23.0 Å². The van der Waals surface area contributed by atoms with Crippen LogP contribution in [-0.4, -0.2) is 45.3 Å². The smallest absolute Gasteiger partial charge is 0.231 e. The van der Waals surface area contributed by atoms with E-state index in [2.05, 4.69) is 4.90 Å². The number of hydrogen-bond acceptors (Lipinski definition) is 6. The van der Waals surface area contributed by atoms with Gasteiger partial charge in [0.2, 0.25) is 12.5 Å². The Labute approximate surface area is 158 Å². The van der Waals surface area contributed by atoms with Gasteiger partial charge in [-0.2, -0.15) is 0 Å². The minimum Gasteiger partial charge on any atom is -0.496 e. The molecule has 2 aromatic carbocycles. The van der Waals surface area contributed by atoms with Gasteiger partial charge in [-0.25, -0.2) is 0 Å². The molecular formula is C21H23NO5. The first-order valence-corrected chi connectivity index (χ1v) is 8.99. The van der Waals surface area contributed by atoms with Crippen LogP contribution in [0.4, 0.5) is 0 Å². The van der Waals surface area contributed by atoms with Crippen molar-refractivity contribution in [2.75, 3.05) is 34.6 Å². The number of carbonyl (C=O) groups excluding carboxylic acids is 1. The third kappa shape index (κ3) is 3.00. The number of methoxy groups -OCH3 is 2. The zero-order valence-electron chi connectivity index (χ0n) is 15.8. The molecule has 6 nitrogen and oxygen atoms in total. The Morgan fingerprint density at radius 3 is 2.81 bits per heavy atom. The van der Waals surface area contributed by atoms with E-state index < -0.39 is 0 Å². The second kappa shape index (κ2) is 7.12. The average molecular weight is 369 g/mol. The lowest BCUT2D eigenvalue weighted by Crippen LogP contribution is -2.34. The van der Waals surface area contributed by atoms with Crippen LogP contribution in [0.1, 0.15) is 33.9 Å². The molecule has 4 rings (SSSR count). The monoisotopic (exact) mass is 369 g/mol. The lowest BCUT2D eigenvalue weighted by atomic mass is 9.87. The lowest BCUT2D eigenvalue weighted by Gasteiger charge is -2.35. The summed E-state index contributed by atoms with van der Waals surface area (Å²) in [6.45, 7) is 1.05. The molecule has 0 saturated heterocycles. The second-order valence-electron chi connectivity index (χ2n) is 6.79. The number of nitrogens with zero attached hydrogens (tertiary/aromatic N) is 1. The Balaban J connectivity index is 1.73.